The summed E-state index contributed by atoms with van der Waals surface area (Å²) in [6.45, 7) is 1.65. The van der Waals surface area contributed by atoms with Crippen LogP contribution in [0.1, 0.15) is 32.1 Å². The predicted molar refractivity (Wildman–Crippen MR) is 71.7 cm³/mol. The van der Waals surface area contributed by atoms with Gasteiger partial charge in [-0.1, -0.05) is 0 Å². The number of aliphatic hydroxyl groups is 1. The fourth-order valence-electron chi connectivity index (χ4n) is 2.16. The minimum absolute atomic E-state index is 0.221. The van der Waals surface area contributed by atoms with Gasteiger partial charge in [0.05, 0.1) is 0 Å². The first-order chi connectivity index (χ1) is 8.13. The second kappa shape index (κ2) is 8.54. The summed E-state index contributed by atoms with van der Waals surface area (Å²) in [5.74, 6) is 0.486. The van der Waals surface area contributed by atoms with Gasteiger partial charge in [-0.25, -0.2) is 0 Å². The Kier molecular flexibility index (Phi) is 7.80. The minimum Gasteiger partial charge on any atom is -0.368 e. The second-order valence-corrected chi connectivity index (χ2v) is 5.89. The average Bonchev–Trinajstić information content (AvgIpc) is 2.48. The smallest absolute Gasteiger partial charge is 0.155 e. The number of rotatable bonds is 6. The normalized spacial score (nSPS) is 32.1. The lowest BCUT2D eigenvalue weighted by atomic mass is 10.00. The van der Waals surface area contributed by atoms with E-state index in [1.165, 1.54) is 7.11 Å². The first-order valence-corrected chi connectivity index (χ1v) is 7.20. The Hall–Kier alpha value is 0.460. The van der Waals surface area contributed by atoms with E-state index in [2.05, 4.69) is 5.32 Å². The largest absolute Gasteiger partial charge is 0.368 e. The molecule has 1 aliphatic carbocycles. The van der Waals surface area contributed by atoms with E-state index in [9.17, 15) is 5.11 Å². The maximum Gasteiger partial charge on any atom is 0.155 e. The standard InChI is InChI=1S/C12H23Cl2NO2/c1-17-12(16)6-7-15-8-9-2-3-10(13)4-5-11(9)14/h9-12,15-16H,2-8H2,1H3. The van der Waals surface area contributed by atoms with Crippen molar-refractivity contribution in [1.29, 1.82) is 0 Å². The molecule has 0 heterocycles. The highest BCUT2D eigenvalue weighted by Crippen LogP contribution is 2.29. The van der Waals surface area contributed by atoms with Crippen LogP contribution in [0.25, 0.3) is 0 Å². The van der Waals surface area contributed by atoms with Gasteiger partial charge in [-0.05, 0) is 44.7 Å². The topological polar surface area (TPSA) is 41.5 Å². The van der Waals surface area contributed by atoms with Gasteiger partial charge in [0.1, 0.15) is 0 Å². The molecule has 4 unspecified atom stereocenters. The molecule has 0 amide bonds. The molecule has 0 radical (unpaired) electrons. The Bertz CT molecular complexity index is 207. The van der Waals surface area contributed by atoms with Crippen LogP contribution in [0.4, 0.5) is 0 Å². The minimum atomic E-state index is -0.671. The van der Waals surface area contributed by atoms with Crippen LogP contribution in [0, 0.1) is 5.92 Å². The van der Waals surface area contributed by atoms with E-state index in [4.69, 9.17) is 27.9 Å². The summed E-state index contributed by atoms with van der Waals surface area (Å²) in [5.41, 5.74) is 0. The third kappa shape index (κ3) is 6.25. The number of alkyl halides is 2. The molecule has 1 rings (SSSR count). The summed E-state index contributed by atoms with van der Waals surface area (Å²) in [7, 11) is 1.51. The zero-order valence-electron chi connectivity index (χ0n) is 10.4. The van der Waals surface area contributed by atoms with E-state index in [0.29, 0.717) is 12.3 Å². The number of methoxy groups -OCH3 is 1. The summed E-state index contributed by atoms with van der Waals surface area (Å²) < 4.78 is 4.77. The molecule has 5 heteroatoms. The average molecular weight is 284 g/mol. The number of ether oxygens (including phenoxy) is 1. The van der Waals surface area contributed by atoms with Crippen LogP contribution in [0.2, 0.25) is 0 Å². The van der Waals surface area contributed by atoms with Gasteiger partial charge in [0.25, 0.3) is 0 Å². The first-order valence-electron chi connectivity index (χ1n) is 6.33. The summed E-state index contributed by atoms with van der Waals surface area (Å²) in [5, 5.41) is 13.1. The molecule has 1 aliphatic rings. The lowest BCUT2D eigenvalue weighted by Crippen LogP contribution is -2.30. The molecule has 4 atom stereocenters. The van der Waals surface area contributed by atoms with E-state index in [-0.39, 0.29) is 10.8 Å². The lowest BCUT2D eigenvalue weighted by Gasteiger charge is -2.20. The Balaban J connectivity index is 2.16. The fourth-order valence-corrected chi connectivity index (χ4v) is 2.75. The number of hydrogen-bond acceptors (Lipinski definition) is 3. The third-order valence-electron chi connectivity index (χ3n) is 3.36. The summed E-state index contributed by atoms with van der Waals surface area (Å²) in [6.07, 6.45) is 4.10. The van der Waals surface area contributed by atoms with Gasteiger partial charge in [-0.2, -0.15) is 0 Å². The summed E-state index contributed by atoms with van der Waals surface area (Å²) in [4.78, 5) is 0. The predicted octanol–water partition coefficient (Wildman–Crippen LogP) is 2.34. The molecule has 102 valence electrons. The number of nitrogens with one attached hydrogen (secondary N) is 1. The van der Waals surface area contributed by atoms with Crippen molar-refractivity contribution >= 4 is 23.2 Å². The van der Waals surface area contributed by atoms with Crippen molar-refractivity contribution in [3.05, 3.63) is 0 Å². The molecular weight excluding hydrogens is 261 g/mol. The van der Waals surface area contributed by atoms with Crippen molar-refractivity contribution in [3.63, 3.8) is 0 Å². The summed E-state index contributed by atoms with van der Waals surface area (Å²) >= 11 is 12.5. The van der Waals surface area contributed by atoms with Crippen LogP contribution in [0.3, 0.4) is 0 Å². The van der Waals surface area contributed by atoms with Crippen molar-refractivity contribution in [2.45, 2.75) is 49.1 Å². The summed E-state index contributed by atoms with van der Waals surface area (Å²) in [6, 6.07) is 0. The zero-order chi connectivity index (χ0) is 12.7. The van der Waals surface area contributed by atoms with Crippen molar-refractivity contribution in [2.75, 3.05) is 20.2 Å². The van der Waals surface area contributed by atoms with E-state index < -0.39 is 6.29 Å². The van der Waals surface area contributed by atoms with Crippen LogP contribution in [0.15, 0.2) is 0 Å². The number of halogens is 2. The van der Waals surface area contributed by atoms with Gasteiger partial charge >= 0.3 is 0 Å². The molecule has 0 saturated heterocycles. The SMILES string of the molecule is COC(O)CCNCC1CCC(Cl)CCC1Cl. The molecule has 2 N–H and O–H groups in total. The molecule has 17 heavy (non-hydrogen) atoms. The highest BCUT2D eigenvalue weighted by atomic mass is 35.5. The Morgan fingerprint density at radius 2 is 2.00 bits per heavy atom. The highest BCUT2D eigenvalue weighted by Gasteiger charge is 2.24. The van der Waals surface area contributed by atoms with Crippen LogP contribution in [-0.4, -0.2) is 42.4 Å². The van der Waals surface area contributed by atoms with Gasteiger partial charge in [0, 0.05) is 24.3 Å². The maximum atomic E-state index is 9.22. The van der Waals surface area contributed by atoms with E-state index in [1.807, 2.05) is 0 Å². The van der Waals surface area contributed by atoms with Crippen LogP contribution < -0.4 is 5.32 Å². The molecule has 0 spiro atoms. The van der Waals surface area contributed by atoms with Crippen molar-refractivity contribution in [1.82, 2.24) is 5.32 Å². The van der Waals surface area contributed by atoms with Gasteiger partial charge in [-0.15, -0.1) is 23.2 Å². The fraction of sp³-hybridized carbons (Fsp3) is 1.00. The highest BCUT2D eigenvalue weighted by molar-refractivity contribution is 6.22. The maximum absolute atomic E-state index is 9.22. The Morgan fingerprint density at radius 1 is 1.29 bits per heavy atom. The zero-order valence-corrected chi connectivity index (χ0v) is 11.9. The van der Waals surface area contributed by atoms with E-state index in [0.717, 1.165) is 38.8 Å². The monoisotopic (exact) mass is 283 g/mol. The first kappa shape index (κ1) is 15.5. The quantitative estimate of drug-likeness (QED) is 0.340. The number of aliphatic hydroxyl groups excluding tert-OH is 1. The molecule has 0 aromatic rings. The molecule has 1 fully saturated rings. The van der Waals surface area contributed by atoms with Crippen molar-refractivity contribution in [3.8, 4) is 0 Å². The van der Waals surface area contributed by atoms with Crippen LogP contribution in [-0.2, 0) is 4.74 Å². The Morgan fingerprint density at radius 3 is 2.71 bits per heavy atom. The molecule has 0 bridgehead atoms. The lowest BCUT2D eigenvalue weighted by molar-refractivity contribution is -0.0774. The van der Waals surface area contributed by atoms with Gasteiger partial charge < -0.3 is 15.2 Å². The molecular formula is C12H23Cl2NO2. The number of hydrogen-bond donors (Lipinski definition) is 2. The molecule has 1 saturated carbocycles. The molecule has 0 aliphatic heterocycles. The van der Waals surface area contributed by atoms with E-state index in [1.54, 1.807) is 0 Å². The molecule has 3 nitrogen and oxygen atoms in total. The Labute approximate surface area is 114 Å². The van der Waals surface area contributed by atoms with Crippen molar-refractivity contribution < 1.29 is 9.84 Å². The molecule has 0 aromatic carbocycles. The van der Waals surface area contributed by atoms with E-state index >= 15 is 0 Å². The van der Waals surface area contributed by atoms with Gasteiger partial charge in [-0.3, -0.25) is 0 Å². The molecule has 0 aromatic heterocycles. The van der Waals surface area contributed by atoms with Gasteiger partial charge in [0.15, 0.2) is 6.29 Å². The van der Waals surface area contributed by atoms with Gasteiger partial charge in [0.2, 0.25) is 0 Å². The van der Waals surface area contributed by atoms with Crippen LogP contribution in [0.5, 0.6) is 0 Å². The third-order valence-corrected chi connectivity index (χ3v) is 4.38. The second-order valence-electron chi connectivity index (χ2n) is 4.71. The van der Waals surface area contributed by atoms with Crippen molar-refractivity contribution in [2.24, 2.45) is 5.92 Å². The van der Waals surface area contributed by atoms with Crippen LogP contribution >= 0.6 is 23.2 Å².